The molecule has 84 valence electrons. The van der Waals surface area contributed by atoms with Gasteiger partial charge >= 0.3 is 5.97 Å². The highest BCUT2D eigenvalue weighted by molar-refractivity contribution is 8.00. The van der Waals surface area contributed by atoms with Crippen LogP contribution >= 0.6 is 11.8 Å². The van der Waals surface area contributed by atoms with Crippen molar-refractivity contribution in [3.8, 4) is 6.07 Å². The number of carbonyl (C=O) groups is 1. The second kappa shape index (κ2) is 5.57. The van der Waals surface area contributed by atoms with Crippen LogP contribution in [-0.2, 0) is 4.79 Å². The van der Waals surface area contributed by atoms with Crippen molar-refractivity contribution in [2.24, 2.45) is 0 Å². The molecule has 0 radical (unpaired) electrons. The Bertz CT molecular complexity index is 437. The minimum absolute atomic E-state index is 0.0357. The molecule has 0 bridgehead atoms. The Labute approximate surface area is 99.1 Å². The maximum Gasteiger partial charge on any atom is 0.304 e. The van der Waals surface area contributed by atoms with E-state index in [9.17, 15) is 4.79 Å². The Morgan fingerprint density at radius 2 is 2.31 bits per heavy atom. The quantitative estimate of drug-likeness (QED) is 0.815. The lowest BCUT2D eigenvalue weighted by atomic mass is 10.2. The van der Waals surface area contributed by atoms with Gasteiger partial charge < -0.3 is 5.11 Å². The molecule has 1 aromatic carbocycles. The van der Waals surface area contributed by atoms with Crippen LogP contribution in [0.1, 0.15) is 24.5 Å². The molecule has 4 heteroatoms. The molecule has 0 spiro atoms. The molecule has 3 nitrogen and oxygen atoms in total. The lowest BCUT2D eigenvalue weighted by Crippen LogP contribution is -2.05. The van der Waals surface area contributed by atoms with Gasteiger partial charge in [-0.1, -0.05) is 13.0 Å². The first-order valence-electron chi connectivity index (χ1n) is 4.92. The molecule has 0 aliphatic rings. The number of nitrogens with zero attached hydrogens (tertiary/aromatic N) is 1. The van der Waals surface area contributed by atoms with Crippen LogP contribution in [0.5, 0.6) is 0 Å². The molecule has 0 aliphatic heterocycles. The Hall–Kier alpha value is -1.47. The number of benzene rings is 1. The number of aryl methyl sites for hydroxylation is 1. The third-order valence-electron chi connectivity index (χ3n) is 2.05. The molecular formula is C12H13NO2S. The van der Waals surface area contributed by atoms with Gasteiger partial charge in [0.05, 0.1) is 12.0 Å². The van der Waals surface area contributed by atoms with E-state index in [0.29, 0.717) is 5.56 Å². The highest BCUT2D eigenvalue weighted by atomic mass is 32.2. The number of thioether (sulfide) groups is 1. The van der Waals surface area contributed by atoms with Crippen LogP contribution in [0.3, 0.4) is 0 Å². The average Bonchev–Trinajstić information content (AvgIpc) is 2.16. The van der Waals surface area contributed by atoms with Crippen molar-refractivity contribution in [2.45, 2.75) is 30.4 Å². The van der Waals surface area contributed by atoms with E-state index in [-0.39, 0.29) is 11.7 Å². The Morgan fingerprint density at radius 3 is 2.88 bits per heavy atom. The maximum absolute atomic E-state index is 10.5. The first-order chi connectivity index (χ1) is 7.52. The van der Waals surface area contributed by atoms with Crippen LogP contribution < -0.4 is 0 Å². The SMILES string of the molecule is Cc1ccc(C#N)c(SC(C)CC(=O)O)c1. The summed E-state index contributed by atoms with van der Waals surface area (Å²) in [6.07, 6.45) is 0.101. The fourth-order valence-electron chi connectivity index (χ4n) is 1.32. The van der Waals surface area contributed by atoms with Crippen LogP contribution in [-0.4, -0.2) is 16.3 Å². The summed E-state index contributed by atoms with van der Waals surface area (Å²) < 4.78 is 0. The van der Waals surface area contributed by atoms with Crippen LogP contribution in [0.2, 0.25) is 0 Å². The summed E-state index contributed by atoms with van der Waals surface area (Å²) in [6, 6.07) is 7.68. The number of hydrogen-bond donors (Lipinski definition) is 1. The minimum Gasteiger partial charge on any atom is -0.481 e. The van der Waals surface area contributed by atoms with Crippen LogP contribution in [0.15, 0.2) is 23.1 Å². The monoisotopic (exact) mass is 235 g/mol. The van der Waals surface area contributed by atoms with Crippen LogP contribution in [0.4, 0.5) is 0 Å². The van der Waals surface area contributed by atoms with Gasteiger partial charge in [0.15, 0.2) is 0 Å². The van der Waals surface area contributed by atoms with Gasteiger partial charge in [0.2, 0.25) is 0 Å². The van der Waals surface area contributed by atoms with Crippen molar-refractivity contribution >= 4 is 17.7 Å². The minimum atomic E-state index is -0.814. The van der Waals surface area contributed by atoms with Crippen LogP contribution in [0, 0.1) is 18.3 Å². The zero-order valence-electron chi connectivity index (χ0n) is 9.23. The third kappa shape index (κ3) is 3.59. The molecule has 0 heterocycles. The maximum atomic E-state index is 10.5. The second-order valence-corrected chi connectivity index (χ2v) is 5.12. The van der Waals surface area contributed by atoms with E-state index in [0.717, 1.165) is 10.5 Å². The summed E-state index contributed by atoms with van der Waals surface area (Å²) in [5, 5.41) is 17.6. The first-order valence-corrected chi connectivity index (χ1v) is 5.80. The molecule has 1 rings (SSSR count). The van der Waals surface area contributed by atoms with Gasteiger partial charge in [-0.2, -0.15) is 5.26 Å². The molecule has 0 fully saturated rings. The summed E-state index contributed by atoms with van der Waals surface area (Å²) in [4.78, 5) is 11.4. The number of carboxylic acids is 1. The lowest BCUT2D eigenvalue weighted by molar-refractivity contribution is -0.136. The molecule has 1 N–H and O–H groups in total. The summed E-state index contributed by atoms with van der Waals surface area (Å²) >= 11 is 1.43. The Morgan fingerprint density at radius 1 is 1.62 bits per heavy atom. The predicted molar refractivity (Wildman–Crippen MR) is 63.5 cm³/mol. The molecule has 0 amide bonds. The standard InChI is InChI=1S/C12H13NO2S/c1-8-3-4-10(7-13)11(5-8)16-9(2)6-12(14)15/h3-5,9H,6H2,1-2H3,(H,14,15). The largest absolute Gasteiger partial charge is 0.481 e. The summed E-state index contributed by atoms with van der Waals surface area (Å²) in [6.45, 7) is 3.80. The zero-order valence-corrected chi connectivity index (χ0v) is 10.0. The predicted octanol–water partition coefficient (Wildman–Crippen LogP) is 2.82. The van der Waals surface area contributed by atoms with E-state index in [1.807, 2.05) is 26.0 Å². The summed E-state index contributed by atoms with van der Waals surface area (Å²) in [5.41, 5.74) is 1.68. The fraction of sp³-hybridized carbons (Fsp3) is 0.333. The molecule has 0 saturated heterocycles. The van der Waals surface area contributed by atoms with Crippen molar-refractivity contribution in [3.05, 3.63) is 29.3 Å². The van der Waals surface area contributed by atoms with Gasteiger partial charge in [0, 0.05) is 10.1 Å². The number of aliphatic carboxylic acids is 1. The number of nitriles is 1. The summed E-state index contributed by atoms with van der Waals surface area (Å²) in [7, 11) is 0. The Kier molecular flexibility index (Phi) is 4.39. The van der Waals surface area contributed by atoms with E-state index in [1.165, 1.54) is 11.8 Å². The van der Waals surface area contributed by atoms with Gasteiger partial charge in [0.1, 0.15) is 6.07 Å². The molecule has 0 saturated carbocycles. The number of carboxylic acid groups (broad SMARTS) is 1. The van der Waals surface area contributed by atoms with Crippen molar-refractivity contribution in [3.63, 3.8) is 0 Å². The van der Waals surface area contributed by atoms with E-state index in [4.69, 9.17) is 10.4 Å². The van der Waals surface area contributed by atoms with Crippen LogP contribution in [0.25, 0.3) is 0 Å². The van der Waals surface area contributed by atoms with Gasteiger partial charge in [-0.15, -0.1) is 11.8 Å². The van der Waals surface area contributed by atoms with Gasteiger partial charge in [-0.05, 0) is 24.6 Å². The van der Waals surface area contributed by atoms with Crippen molar-refractivity contribution < 1.29 is 9.90 Å². The molecule has 1 unspecified atom stereocenters. The third-order valence-corrected chi connectivity index (χ3v) is 3.21. The topological polar surface area (TPSA) is 61.1 Å². The smallest absolute Gasteiger partial charge is 0.304 e. The zero-order chi connectivity index (χ0) is 12.1. The molecule has 0 aliphatic carbocycles. The van der Waals surface area contributed by atoms with Crippen molar-refractivity contribution in [2.75, 3.05) is 0 Å². The van der Waals surface area contributed by atoms with Crippen molar-refractivity contribution in [1.82, 2.24) is 0 Å². The number of hydrogen-bond acceptors (Lipinski definition) is 3. The van der Waals surface area contributed by atoms with E-state index < -0.39 is 5.97 Å². The fourth-order valence-corrected chi connectivity index (χ4v) is 2.48. The Balaban J connectivity index is 2.84. The molecule has 1 aromatic rings. The highest BCUT2D eigenvalue weighted by Crippen LogP contribution is 2.28. The van der Waals surface area contributed by atoms with Gasteiger partial charge in [0.25, 0.3) is 0 Å². The number of rotatable bonds is 4. The average molecular weight is 235 g/mol. The second-order valence-electron chi connectivity index (χ2n) is 3.64. The van der Waals surface area contributed by atoms with Crippen molar-refractivity contribution in [1.29, 1.82) is 5.26 Å². The van der Waals surface area contributed by atoms with E-state index >= 15 is 0 Å². The normalized spacial score (nSPS) is 11.8. The van der Waals surface area contributed by atoms with Gasteiger partial charge in [-0.3, -0.25) is 4.79 Å². The first kappa shape index (κ1) is 12.6. The molecule has 1 atom stereocenters. The molecular weight excluding hydrogens is 222 g/mol. The molecule has 16 heavy (non-hydrogen) atoms. The summed E-state index contributed by atoms with van der Waals surface area (Å²) in [5.74, 6) is -0.814. The lowest BCUT2D eigenvalue weighted by Gasteiger charge is -2.10. The van der Waals surface area contributed by atoms with E-state index in [2.05, 4.69) is 6.07 Å². The van der Waals surface area contributed by atoms with Gasteiger partial charge in [-0.25, -0.2) is 0 Å². The highest BCUT2D eigenvalue weighted by Gasteiger charge is 2.11. The molecule has 0 aromatic heterocycles. The van der Waals surface area contributed by atoms with E-state index in [1.54, 1.807) is 6.07 Å².